The lowest BCUT2D eigenvalue weighted by Gasteiger charge is -2.44. The zero-order valence-electron chi connectivity index (χ0n) is 12.5. The Hall–Kier alpha value is -1.06. The molecule has 0 aromatic heterocycles. The molecule has 1 heterocycles. The first-order chi connectivity index (χ1) is 9.68. The molecule has 110 valence electrons. The highest BCUT2D eigenvalue weighted by molar-refractivity contribution is 5.37. The van der Waals surface area contributed by atoms with Crippen molar-refractivity contribution in [2.24, 2.45) is 5.92 Å². The first-order valence-corrected chi connectivity index (χ1v) is 7.80. The van der Waals surface area contributed by atoms with Crippen molar-refractivity contribution in [3.63, 3.8) is 0 Å². The minimum atomic E-state index is -0.445. The van der Waals surface area contributed by atoms with Gasteiger partial charge in [0.1, 0.15) is 18.5 Å². The SMILES string of the molecule is CC1CCCCC1N(C)C1COc2ccccc2C1O. The highest BCUT2D eigenvalue weighted by Gasteiger charge is 2.37. The van der Waals surface area contributed by atoms with E-state index in [0.29, 0.717) is 18.6 Å². The maximum absolute atomic E-state index is 10.7. The predicted octanol–water partition coefficient (Wildman–Crippen LogP) is 2.99. The molecule has 1 fully saturated rings. The number of ether oxygens (including phenoxy) is 1. The van der Waals surface area contributed by atoms with Crippen LogP contribution in [0.4, 0.5) is 0 Å². The monoisotopic (exact) mass is 275 g/mol. The maximum Gasteiger partial charge on any atom is 0.125 e. The summed E-state index contributed by atoms with van der Waals surface area (Å²) in [7, 11) is 2.15. The Morgan fingerprint density at radius 3 is 2.70 bits per heavy atom. The minimum Gasteiger partial charge on any atom is -0.491 e. The summed E-state index contributed by atoms with van der Waals surface area (Å²) in [5.41, 5.74) is 0.930. The van der Waals surface area contributed by atoms with Gasteiger partial charge in [0, 0.05) is 11.6 Å². The Labute approximate surface area is 121 Å². The number of aliphatic hydroxyl groups is 1. The molecule has 0 saturated heterocycles. The number of para-hydroxylation sites is 1. The molecule has 0 radical (unpaired) electrons. The van der Waals surface area contributed by atoms with Gasteiger partial charge in [0.05, 0.1) is 6.04 Å². The first-order valence-electron chi connectivity index (χ1n) is 7.80. The second kappa shape index (κ2) is 5.74. The Morgan fingerprint density at radius 1 is 1.15 bits per heavy atom. The van der Waals surface area contributed by atoms with Crippen molar-refractivity contribution in [1.29, 1.82) is 0 Å². The molecule has 3 rings (SSSR count). The molecule has 1 aliphatic heterocycles. The second-order valence-corrected chi connectivity index (χ2v) is 6.36. The van der Waals surface area contributed by atoms with E-state index in [2.05, 4.69) is 18.9 Å². The van der Waals surface area contributed by atoms with Gasteiger partial charge >= 0.3 is 0 Å². The summed E-state index contributed by atoms with van der Waals surface area (Å²) in [6.45, 7) is 2.92. The quantitative estimate of drug-likeness (QED) is 0.900. The maximum atomic E-state index is 10.7. The average molecular weight is 275 g/mol. The highest BCUT2D eigenvalue weighted by Crippen LogP contribution is 2.36. The lowest BCUT2D eigenvalue weighted by atomic mass is 9.83. The second-order valence-electron chi connectivity index (χ2n) is 6.36. The molecule has 1 saturated carbocycles. The largest absolute Gasteiger partial charge is 0.491 e. The Morgan fingerprint density at radius 2 is 1.90 bits per heavy atom. The van der Waals surface area contributed by atoms with Crippen LogP contribution in [0.1, 0.15) is 44.3 Å². The van der Waals surface area contributed by atoms with Crippen LogP contribution in [0.2, 0.25) is 0 Å². The zero-order valence-corrected chi connectivity index (χ0v) is 12.5. The molecule has 0 spiro atoms. The smallest absolute Gasteiger partial charge is 0.125 e. The summed E-state index contributed by atoms with van der Waals surface area (Å²) in [6, 6.07) is 8.48. The Balaban J connectivity index is 1.78. The molecule has 1 N–H and O–H groups in total. The summed E-state index contributed by atoms with van der Waals surface area (Å²) in [4.78, 5) is 2.37. The van der Waals surface area contributed by atoms with Crippen molar-refractivity contribution in [1.82, 2.24) is 4.90 Å². The fourth-order valence-electron chi connectivity index (χ4n) is 3.82. The predicted molar refractivity (Wildman–Crippen MR) is 79.9 cm³/mol. The zero-order chi connectivity index (χ0) is 14.1. The molecule has 1 aromatic rings. The van der Waals surface area contributed by atoms with Crippen LogP contribution in [0, 0.1) is 5.92 Å². The molecule has 4 atom stereocenters. The van der Waals surface area contributed by atoms with Crippen LogP contribution in [0.3, 0.4) is 0 Å². The lowest BCUT2D eigenvalue weighted by molar-refractivity contribution is -0.0210. The third-order valence-electron chi connectivity index (χ3n) is 5.12. The van der Waals surface area contributed by atoms with Gasteiger partial charge in [-0.05, 0) is 31.9 Å². The van der Waals surface area contributed by atoms with Gasteiger partial charge in [-0.3, -0.25) is 4.90 Å². The number of hydrogen-bond acceptors (Lipinski definition) is 3. The van der Waals surface area contributed by atoms with Gasteiger partial charge in [0.2, 0.25) is 0 Å². The van der Waals surface area contributed by atoms with Crippen molar-refractivity contribution in [2.75, 3.05) is 13.7 Å². The van der Waals surface area contributed by atoms with Crippen molar-refractivity contribution in [3.05, 3.63) is 29.8 Å². The van der Waals surface area contributed by atoms with Crippen molar-refractivity contribution >= 4 is 0 Å². The van der Waals surface area contributed by atoms with Crippen LogP contribution in [0.25, 0.3) is 0 Å². The van der Waals surface area contributed by atoms with E-state index in [-0.39, 0.29) is 6.04 Å². The highest BCUT2D eigenvalue weighted by atomic mass is 16.5. The molecule has 0 amide bonds. The van der Waals surface area contributed by atoms with E-state index < -0.39 is 6.10 Å². The van der Waals surface area contributed by atoms with Crippen LogP contribution >= 0.6 is 0 Å². The van der Waals surface area contributed by atoms with Gasteiger partial charge in [-0.2, -0.15) is 0 Å². The van der Waals surface area contributed by atoms with Gasteiger partial charge in [-0.15, -0.1) is 0 Å². The summed E-state index contributed by atoms with van der Waals surface area (Å²) >= 11 is 0. The number of rotatable bonds is 2. The lowest BCUT2D eigenvalue weighted by Crippen LogP contribution is -2.51. The third kappa shape index (κ3) is 2.45. The van der Waals surface area contributed by atoms with E-state index in [1.807, 2.05) is 24.3 Å². The van der Waals surface area contributed by atoms with Gasteiger partial charge in [0.15, 0.2) is 0 Å². The van der Waals surface area contributed by atoms with Crippen LogP contribution in [-0.2, 0) is 0 Å². The van der Waals surface area contributed by atoms with Crippen molar-refractivity contribution < 1.29 is 9.84 Å². The van der Waals surface area contributed by atoms with Gasteiger partial charge in [-0.25, -0.2) is 0 Å². The molecule has 3 heteroatoms. The van der Waals surface area contributed by atoms with E-state index in [1.165, 1.54) is 25.7 Å². The van der Waals surface area contributed by atoms with E-state index in [0.717, 1.165) is 11.3 Å². The number of hydrogen-bond donors (Lipinski definition) is 1. The molecule has 4 unspecified atom stereocenters. The normalized spacial score (nSPS) is 33.6. The van der Waals surface area contributed by atoms with Crippen molar-refractivity contribution in [2.45, 2.75) is 50.8 Å². The van der Waals surface area contributed by atoms with E-state index in [1.54, 1.807) is 0 Å². The average Bonchev–Trinajstić information content (AvgIpc) is 2.48. The van der Waals surface area contributed by atoms with E-state index in [4.69, 9.17) is 4.74 Å². The fourth-order valence-corrected chi connectivity index (χ4v) is 3.82. The molecular formula is C17H25NO2. The summed E-state index contributed by atoms with van der Waals surface area (Å²) < 4.78 is 5.85. The molecule has 20 heavy (non-hydrogen) atoms. The first kappa shape index (κ1) is 13.9. The van der Waals surface area contributed by atoms with Gasteiger partial charge in [0.25, 0.3) is 0 Å². The number of likely N-dealkylation sites (N-methyl/N-ethyl adjacent to an activating group) is 1. The van der Waals surface area contributed by atoms with Crippen LogP contribution in [0.15, 0.2) is 24.3 Å². The van der Waals surface area contributed by atoms with Gasteiger partial charge in [-0.1, -0.05) is 38.0 Å². The molecule has 1 aromatic carbocycles. The minimum absolute atomic E-state index is 0.0652. The summed E-state index contributed by atoms with van der Waals surface area (Å²) in [5, 5.41) is 10.7. The number of benzene rings is 1. The molecular weight excluding hydrogens is 250 g/mol. The van der Waals surface area contributed by atoms with E-state index in [9.17, 15) is 5.11 Å². The number of aliphatic hydroxyl groups excluding tert-OH is 1. The molecule has 2 aliphatic rings. The summed E-state index contributed by atoms with van der Waals surface area (Å²) in [6.07, 6.45) is 4.74. The van der Waals surface area contributed by atoms with Crippen molar-refractivity contribution in [3.8, 4) is 5.75 Å². The van der Waals surface area contributed by atoms with Crippen LogP contribution in [-0.4, -0.2) is 35.7 Å². The van der Waals surface area contributed by atoms with Crippen LogP contribution in [0.5, 0.6) is 5.75 Å². The molecule has 1 aliphatic carbocycles. The Bertz CT molecular complexity index is 462. The topological polar surface area (TPSA) is 32.7 Å². The molecule has 3 nitrogen and oxygen atoms in total. The Kier molecular flexibility index (Phi) is 3.99. The van der Waals surface area contributed by atoms with Gasteiger partial charge < -0.3 is 9.84 Å². The standard InChI is InChI=1S/C17H25NO2/c1-12-7-3-5-9-14(12)18(2)15-11-20-16-10-6-4-8-13(16)17(15)19/h4,6,8,10,12,14-15,17,19H,3,5,7,9,11H2,1-2H3. The third-order valence-corrected chi connectivity index (χ3v) is 5.12. The van der Waals surface area contributed by atoms with E-state index >= 15 is 0 Å². The van der Waals surface area contributed by atoms with Crippen LogP contribution < -0.4 is 4.74 Å². The number of fused-ring (bicyclic) bond motifs is 1. The fraction of sp³-hybridized carbons (Fsp3) is 0.647. The molecule has 0 bridgehead atoms. The summed E-state index contributed by atoms with van der Waals surface area (Å²) in [5.74, 6) is 1.54. The number of nitrogens with zero attached hydrogens (tertiary/aromatic N) is 1.